The van der Waals surface area contributed by atoms with E-state index in [1.807, 2.05) is 0 Å². The van der Waals surface area contributed by atoms with Crippen LogP contribution in [0.5, 0.6) is 0 Å². The van der Waals surface area contributed by atoms with Crippen molar-refractivity contribution in [2.24, 2.45) is 0 Å². The average molecular weight is 439 g/mol. The molecule has 1 aliphatic heterocycles. The molecule has 1 saturated heterocycles. The van der Waals surface area contributed by atoms with Crippen LogP contribution in [0.15, 0.2) is 11.1 Å². The molecule has 0 saturated carbocycles. The van der Waals surface area contributed by atoms with Crippen molar-refractivity contribution in [3.05, 3.63) is 16.7 Å². The Balaban J connectivity index is 0.00000169. The van der Waals surface area contributed by atoms with E-state index in [1.54, 1.807) is 0 Å². The van der Waals surface area contributed by atoms with E-state index >= 15 is 0 Å². The number of hydrogen-bond donors (Lipinski definition) is 4. The van der Waals surface area contributed by atoms with E-state index in [9.17, 15) is 29.4 Å². The van der Waals surface area contributed by atoms with Crippen molar-refractivity contribution in [2.45, 2.75) is 24.5 Å². The SMILES string of the molecule is Nc1nc2c(ncn2[C@@H]2O[C@H](COP(=O)([O-])[O-])[C@@H](O)[C@H]2O)c(=O)[nH]1.[K+].[K+]. The maximum absolute atomic E-state index is 11.7. The Labute approximate surface area is 230 Å². The number of aromatic amines is 1. The molecule has 1 fully saturated rings. The summed E-state index contributed by atoms with van der Waals surface area (Å²) in [5.41, 5.74) is 4.77. The van der Waals surface area contributed by atoms with E-state index in [-0.39, 0.29) is 120 Å². The van der Waals surface area contributed by atoms with Gasteiger partial charge in [0.05, 0.1) is 20.8 Å². The van der Waals surface area contributed by atoms with Crippen LogP contribution in [0.3, 0.4) is 0 Å². The number of phosphoric acid groups is 1. The molecule has 16 heteroatoms. The molecule has 26 heavy (non-hydrogen) atoms. The van der Waals surface area contributed by atoms with Gasteiger partial charge < -0.3 is 39.6 Å². The molecule has 2 aromatic rings. The van der Waals surface area contributed by atoms with Gasteiger partial charge in [-0.3, -0.25) is 14.3 Å². The first-order valence-electron chi connectivity index (χ1n) is 6.58. The molecular weight excluding hydrogens is 427 g/mol. The number of aliphatic hydroxyl groups is 2. The van der Waals surface area contributed by atoms with E-state index in [1.165, 1.54) is 0 Å². The van der Waals surface area contributed by atoms with Gasteiger partial charge in [0.25, 0.3) is 5.56 Å². The number of nitrogens with two attached hydrogens (primary N) is 1. The van der Waals surface area contributed by atoms with Crippen molar-refractivity contribution in [2.75, 3.05) is 12.3 Å². The molecule has 0 bridgehead atoms. The summed E-state index contributed by atoms with van der Waals surface area (Å²) in [5.74, 6) is -0.194. The molecule has 13 nitrogen and oxygen atoms in total. The molecule has 4 atom stereocenters. The number of aliphatic hydroxyl groups excluding tert-OH is 2. The molecule has 3 heterocycles. The summed E-state index contributed by atoms with van der Waals surface area (Å²) in [6.45, 7) is -0.776. The van der Waals surface area contributed by atoms with Gasteiger partial charge in [0.1, 0.15) is 18.3 Å². The summed E-state index contributed by atoms with van der Waals surface area (Å²) in [4.78, 5) is 42.7. The van der Waals surface area contributed by atoms with Crippen molar-refractivity contribution < 1.29 is 137 Å². The number of phosphoric ester groups is 1. The second-order valence-corrected chi connectivity index (χ2v) is 6.22. The third kappa shape index (κ3) is 5.51. The Bertz CT molecular complexity index is 871. The maximum Gasteiger partial charge on any atom is 1.00 e. The summed E-state index contributed by atoms with van der Waals surface area (Å²) in [7, 11) is -5.26. The molecular formula is C10H12K2N5O8P. The standard InChI is InChI=1S/C10H14N5O8P.2K/c11-10-13-7-4(8(18)14-10)12-2-15(7)9-6(17)5(16)3(23-9)1-22-24(19,20)21;;/h2-3,5-6,9,16-17H,1H2,(H2,19,20,21)(H3,11,13,14,18);;/q;2*+1/p-2/t3-,5-,6-,9-;;/m1../s1. The molecule has 1 aliphatic rings. The van der Waals surface area contributed by atoms with Crippen LogP contribution in [-0.2, 0) is 13.8 Å². The largest absolute Gasteiger partial charge is 1.00 e. The van der Waals surface area contributed by atoms with E-state index in [4.69, 9.17) is 10.5 Å². The van der Waals surface area contributed by atoms with Crippen molar-refractivity contribution in [1.82, 2.24) is 19.5 Å². The minimum absolute atomic E-state index is 0. The van der Waals surface area contributed by atoms with Crippen molar-refractivity contribution in [1.29, 1.82) is 0 Å². The zero-order chi connectivity index (χ0) is 17.6. The van der Waals surface area contributed by atoms with E-state index < -0.39 is 44.5 Å². The first-order chi connectivity index (χ1) is 11.2. The fourth-order valence-corrected chi connectivity index (χ4v) is 2.72. The molecule has 0 spiro atoms. The van der Waals surface area contributed by atoms with Gasteiger partial charge in [0, 0.05) is 0 Å². The summed E-state index contributed by atoms with van der Waals surface area (Å²) in [5, 5.41) is 20.0. The Morgan fingerprint density at radius 1 is 1.38 bits per heavy atom. The quantitative estimate of drug-likeness (QED) is 0.259. The van der Waals surface area contributed by atoms with Crippen LogP contribution in [0.2, 0.25) is 0 Å². The Morgan fingerprint density at radius 3 is 2.65 bits per heavy atom. The number of aromatic nitrogens is 4. The zero-order valence-electron chi connectivity index (χ0n) is 13.8. The van der Waals surface area contributed by atoms with Gasteiger partial charge in [-0.2, -0.15) is 4.98 Å². The number of H-pyrrole nitrogens is 1. The second-order valence-electron chi connectivity index (χ2n) is 5.06. The number of hydrogen-bond acceptors (Lipinski definition) is 11. The summed E-state index contributed by atoms with van der Waals surface area (Å²) in [6.07, 6.45) is -4.46. The number of fused-ring (bicyclic) bond motifs is 1. The average Bonchev–Trinajstić information content (AvgIpc) is 3.00. The van der Waals surface area contributed by atoms with Gasteiger partial charge in [-0.05, 0) is 0 Å². The number of imidazole rings is 1. The number of anilines is 1. The molecule has 132 valence electrons. The summed E-state index contributed by atoms with van der Waals surface area (Å²) >= 11 is 0. The minimum Gasteiger partial charge on any atom is -0.790 e. The first-order valence-corrected chi connectivity index (χ1v) is 8.04. The van der Waals surface area contributed by atoms with Gasteiger partial charge in [-0.1, -0.05) is 0 Å². The molecule has 3 rings (SSSR count). The van der Waals surface area contributed by atoms with Crippen molar-refractivity contribution in [3.63, 3.8) is 0 Å². The molecule has 0 aromatic carbocycles. The number of nitrogen functional groups attached to an aromatic ring is 1. The molecule has 0 amide bonds. The molecule has 2 aromatic heterocycles. The maximum atomic E-state index is 11.7. The number of rotatable bonds is 4. The number of nitrogens with one attached hydrogen (secondary N) is 1. The van der Waals surface area contributed by atoms with Crippen LogP contribution >= 0.6 is 7.82 Å². The summed E-state index contributed by atoms with van der Waals surface area (Å²) < 4.78 is 21.0. The topological polar surface area (TPSA) is 212 Å². The molecule has 0 aliphatic carbocycles. The zero-order valence-corrected chi connectivity index (χ0v) is 20.9. The van der Waals surface area contributed by atoms with Crippen molar-refractivity contribution in [3.8, 4) is 0 Å². The predicted molar refractivity (Wildman–Crippen MR) is 72.0 cm³/mol. The smallest absolute Gasteiger partial charge is 0.790 e. The van der Waals surface area contributed by atoms with E-state index in [2.05, 4.69) is 19.5 Å². The third-order valence-corrected chi connectivity index (χ3v) is 3.92. The van der Waals surface area contributed by atoms with Crippen LogP contribution in [0.4, 0.5) is 5.95 Å². The van der Waals surface area contributed by atoms with Crippen molar-refractivity contribution >= 4 is 24.9 Å². The van der Waals surface area contributed by atoms with Crippen LogP contribution in [-0.4, -0.2) is 54.7 Å². The first kappa shape index (κ1) is 25.4. The number of ether oxygens (including phenoxy) is 1. The Hall–Kier alpha value is 1.41. The van der Waals surface area contributed by atoms with E-state index in [0.717, 1.165) is 10.9 Å². The van der Waals surface area contributed by atoms with Crippen LogP contribution in [0.1, 0.15) is 6.23 Å². The monoisotopic (exact) mass is 439 g/mol. The van der Waals surface area contributed by atoms with Gasteiger partial charge in [-0.25, -0.2) is 4.98 Å². The fourth-order valence-electron chi connectivity index (χ4n) is 2.39. The predicted octanol–water partition coefficient (Wildman–Crippen LogP) is -9.83. The van der Waals surface area contributed by atoms with Gasteiger partial charge in [0.15, 0.2) is 17.4 Å². The third-order valence-electron chi connectivity index (χ3n) is 3.46. The van der Waals surface area contributed by atoms with Gasteiger partial charge in [-0.15, -0.1) is 0 Å². The minimum atomic E-state index is -5.26. The van der Waals surface area contributed by atoms with Crippen LogP contribution in [0, 0.1) is 0 Å². The van der Waals surface area contributed by atoms with Gasteiger partial charge >= 0.3 is 103 Å². The van der Waals surface area contributed by atoms with Gasteiger partial charge in [0.2, 0.25) is 5.95 Å². The molecule has 0 radical (unpaired) electrons. The Kier molecular flexibility index (Phi) is 9.74. The number of nitrogens with zero attached hydrogens (tertiary/aromatic N) is 3. The molecule has 0 unspecified atom stereocenters. The Morgan fingerprint density at radius 2 is 2.04 bits per heavy atom. The molecule has 5 N–H and O–H groups in total. The van der Waals surface area contributed by atoms with Crippen LogP contribution in [0.25, 0.3) is 11.2 Å². The fraction of sp³-hybridized carbons (Fsp3) is 0.500. The summed E-state index contributed by atoms with van der Waals surface area (Å²) in [6, 6.07) is 0. The normalized spacial score (nSPS) is 25.7. The van der Waals surface area contributed by atoms with Crippen LogP contribution < -0.4 is 124 Å². The van der Waals surface area contributed by atoms with E-state index in [0.29, 0.717) is 0 Å². The second kappa shape index (κ2) is 9.95.